The number of halogens is 3. The van der Waals surface area contributed by atoms with Crippen molar-refractivity contribution < 1.29 is 18.0 Å². The summed E-state index contributed by atoms with van der Waals surface area (Å²) in [5.74, 6) is -0.00201. The predicted molar refractivity (Wildman–Crippen MR) is 73.8 cm³/mol. The first-order chi connectivity index (χ1) is 9.97. The molecule has 1 aromatic carbocycles. The molecule has 1 saturated heterocycles. The van der Waals surface area contributed by atoms with E-state index in [9.17, 15) is 18.0 Å². The highest BCUT2D eigenvalue weighted by atomic mass is 19.4. The van der Waals surface area contributed by atoms with Crippen molar-refractivity contribution in [3.63, 3.8) is 0 Å². The van der Waals surface area contributed by atoms with E-state index < -0.39 is 11.7 Å². The van der Waals surface area contributed by atoms with Crippen LogP contribution in [0.3, 0.4) is 0 Å². The highest BCUT2D eigenvalue weighted by molar-refractivity contribution is 5.79. The van der Waals surface area contributed by atoms with Crippen LogP contribution in [-0.2, 0) is 17.4 Å². The minimum absolute atomic E-state index is 0.0178. The minimum Gasteiger partial charge on any atom is -0.355 e. The Hall–Kier alpha value is -1.56. The van der Waals surface area contributed by atoms with Crippen LogP contribution in [-0.4, -0.2) is 25.5 Å². The molecule has 0 aliphatic carbocycles. The van der Waals surface area contributed by atoms with E-state index in [-0.39, 0.29) is 17.9 Å². The lowest BCUT2D eigenvalue weighted by atomic mass is 9.99. The lowest BCUT2D eigenvalue weighted by molar-refractivity contribution is -0.138. The zero-order valence-corrected chi connectivity index (χ0v) is 11.7. The summed E-state index contributed by atoms with van der Waals surface area (Å²) in [4.78, 5) is 11.8. The summed E-state index contributed by atoms with van der Waals surface area (Å²) in [6.45, 7) is 2.35. The van der Waals surface area contributed by atoms with Gasteiger partial charge in [0.05, 0.1) is 12.0 Å². The quantitative estimate of drug-likeness (QED) is 0.896. The second-order valence-electron chi connectivity index (χ2n) is 5.35. The molecule has 1 aromatic rings. The van der Waals surface area contributed by atoms with Crippen molar-refractivity contribution >= 4 is 5.91 Å². The van der Waals surface area contributed by atoms with Crippen molar-refractivity contribution in [1.82, 2.24) is 10.6 Å². The Morgan fingerprint density at radius 1 is 1.33 bits per heavy atom. The fourth-order valence-corrected chi connectivity index (χ4v) is 2.54. The highest BCUT2D eigenvalue weighted by Gasteiger charge is 2.33. The zero-order chi connectivity index (χ0) is 15.3. The van der Waals surface area contributed by atoms with Gasteiger partial charge in [-0.2, -0.15) is 13.2 Å². The number of amides is 1. The largest absolute Gasteiger partial charge is 0.416 e. The first-order valence-electron chi connectivity index (χ1n) is 7.09. The van der Waals surface area contributed by atoms with E-state index in [4.69, 9.17) is 0 Å². The molecule has 1 fully saturated rings. The van der Waals surface area contributed by atoms with E-state index in [1.54, 1.807) is 0 Å². The summed E-state index contributed by atoms with van der Waals surface area (Å²) >= 11 is 0. The maximum Gasteiger partial charge on any atom is 0.416 e. The zero-order valence-electron chi connectivity index (χ0n) is 11.7. The van der Waals surface area contributed by atoms with E-state index in [0.29, 0.717) is 12.5 Å². The highest BCUT2D eigenvalue weighted by Crippen LogP contribution is 2.31. The fourth-order valence-electron chi connectivity index (χ4n) is 2.54. The SMILES string of the molecule is O=C(Cc1ccccc1C(F)(F)F)NC[C@H]1CCCNC1. The van der Waals surface area contributed by atoms with Gasteiger partial charge in [0.2, 0.25) is 5.91 Å². The topological polar surface area (TPSA) is 41.1 Å². The van der Waals surface area contributed by atoms with Crippen LogP contribution in [0.1, 0.15) is 24.0 Å². The molecule has 1 aliphatic heterocycles. The maximum absolute atomic E-state index is 12.8. The Morgan fingerprint density at radius 2 is 2.10 bits per heavy atom. The van der Waals surface area contributed by atoms with E-state index in [0.717, 1.165) is 32.0 Å². The molecule has 1 atom stereocenters. The molecule has 0 saturated carbocycles. The molecule has 1 aliphatic rings. The fraction of sp³-hybridized carbons (Fsp3) is 0.533. The van der Waals surface area contributed by atoms with E-state index in [1.165, 1.54) is 18.2 Å². The van der Waals surface area contributed by atoms with Gasteiger partial charge in [0, 0.05) is 6.54 Å². The number of piperidine rings is 1. The third-order valence-electron chi connectivity index (χ3n) is 3.66. The molecule has 1 heterocycles. The van der Waals surface area contributed by atoms with Crippen molar-refractivity contribution in [2.75, 3.05) is 19.6 Å². The molecule has 116 valence electrons. The number of carbonyl (C=O) groups excluding carboxylic acids is 1. The standard InChI is InChI=1S/C15H19F3N2O/c16-15(17,18)13-6-2-1-5-12(13)8-14(21)20-10-11-4-3-7-19-9-11/h1-2,5-6,11,19H,3-4,7-10H2,(H,20,21)/t11-/m0/s1. The van der Waals surface area contributed by atoms with Crippen LogP contribution in [0, 0.1) is 5.92 Å². The number of nitrogens with one attached hydrogen (secondary N) is 2. The summed E-state index contributed by atoms with van der Waals surface area (Å²) in [6, 6.07) is 5.21. The molecule has 0 aromatic heterocycles. The minimum atomic E-state index is -4.43. The van der Waals surface area contributed by atoms with Gasteiger partial charge in [-0.15, -0.1) is 0 Å². The Labute approximate surface area is 121 Å². The smallest absolute Gasteiger partial charge is 0.355 e. The van der Waals surface area contributed by atoms with Crippen LogP contribution in [0.5, 0.6) is 0 Å². The molecule has 1 amide bonds. The van der Waals surface area contributed by atoms with Crippen molar-refractivity contribution in [2.45, 2.75) is 25.4 Å². The molecule has 3 nitrogen and oxygen atoms in total. The molecule has 0 unspecified atom stereocenters. The van der Waals surface area contributed by atoms with Crippen molar-refractivity contribution in [1.29, 1.82) is 0 Å². The average Bonchev–Trinajstić information content (AvgIpc) is 2.46. The van der Waals surface area contributed by atoms with E-state index in [1.807, 2.05) is 0 Å². The van der Waals surface area contributed by atoms with Crippen LogP contribution in [0.4, 0.5) is 13.2 Å². The van der Waals surface area contributed by atoms with Gasteiger partial charge in [-0.25, -0.2) is 0 Å². The normalized spacial score (nSPS) is 19.3. The van der Waals surface area contributed by atoms with Crippen molar-refractivity contribution in [3.8, 4) is 0 Å². The Morgan fingerprint density at radius 3 is 2.76 bits per heavy atom. The second-order valence-corrected chi connectivity index (χ2v) is 5.35. The lowest BCUT2D eigenvalue weighted by Gasteiger charge is -2.23. The summed E-state index contributed by atoms with van der Waals surface area (Å²) in [5.41, 5.74) is -0.719. The molecule has 21 heavy (non-hydrogen) atoms. The lowest BCUT2D eigenvalue weighted by Crippen LogP contribution is -2.38. The number of hydrogen-bond acceptors (Lipinski definition) is 2. The number of benzene rings is 1. The first-order valence-corrected chi connectivity index (χ1v) is 7.09. The molecule has 0 spiro atoms. The molecular formula is C15H19F3N2O. The van der Waals surface area contributed by atoms with Gasteiger partial charge in [-0.3, -0.25) is 4.79 Å². The summed E-state index contributed by atoms with van der Waals surface area (Å²) < 4.78 is 38.5. The van der Waals surface area contributed by atoms with Gasteiger partial charge in [0.1, 0.15) is 0 Å². The maximum atomic E-state index is 12.8. The number of rotatable bonds is 4. The molecule has 0 radical (unpaired) electrons. The van der Waals surface area contributed by atoms with Crippen LogP contribution in [0.15, 0.2) is 24.3 Å². The predicted octanol–water partition coefficient (Wildman–Crippen LogP) is 2.36. The molecule has 6 heteroatoms. The van der Waals surface area contributed by atoms with E-state index >= 15 is 0 Å². The Kier molecular flexibility index (Phi) is 5.22. The van der Waals surface area contributed by atoms with Crippen LogP contribution in [0.2, 0.25) is 0 Å². The summed E-state index contributed by atoms with van der Waals surface area (Å²) in [7, 11) is 0. The molecule has 0 bridgehead atoms. The average molecular weight is 300 g/mol. The van der Waals surface area contributed by atoms with Gasteiger partial charge < -0.3 is 10.6 Å². The van der Waals surface area contributed by atoms with Crippen LogP contribution in [0.25, 0.3) is 0 Å². The van der Waals surface area contributed by atoms with Gasteiger partial charge in [-0.05, 0) is 43.5 Å². The Balaban J connectivity index is 1.90. The number of alkyl halides is 3. The Bertz CT molecular complexity index is 482. The third-order valence-corrected chi connectivity index (χ3v) is 3.66. The van der Waals surface area contributed by atoms with Gasteiger partial charge >= 0.3 is 6.18 Å². The van der Waals surface area contributed by atoms with Gasteiger partial charge in [0.15, 0.2) is 0 Å². The van der Waals surface area contributed by atoms with Crippen molar-refractivity contribution in [2.24, 2.45) is 5.92 Å². The molecule has 2 N–H and O–H groups in total. The summed E-state index contributed by atoms with van der Waals surface area (Å²) in [5, 5.41) is 5.97. The molecule has 2 rings (SSSR count). The first kappa shape index (κ1) is 15.8. The monoisotopic (exact) mass is 300 g/mol. The van der Waals surface area contributed by atoms with Crippen LogP contribution >= 0.6 is 0 Å². The number of hydrogen-bond donors (Lipinski definition) is 2. The van der Waals surface area contributed by atoms with Crippen LogP contribution < -0.4 is 10.6 Å². The van der Waals surface area contributed by atoms with E-state index in [2.05, 4.69) is 10.6 Å². The third kappa shape index (κ3) is 4.74. The molecular weight excluding hydrogens is 281 g/mol. The second kappa shape index (κ2) is 6.93. The van der Waals surface area contributed by atoms with Gasteiger partial charge in [0.25, 0.3) is 0 Å². The summed E-state index contributed by atoms with van der Waals surface area (Å²) in [6.07, 6.45) is -2.57. The number of carbonyl (C=O) groups is 1. The van der Waals surface area contributed by atoms with Crippen molar-refractivity contribution in [3.05, 3.63) is 35.4 Å². The van der Waals surface area contributed by atoms with Gasteiger partial charge in [-0.1, -0.05) is 18.2 Å².